The van der Waals surface area contributed by atoms with Crippen LogP contribution in [0, 0.1) is 13.8 Å². The van der Waals surface area contributed by atoms with E-state index in [9.17, 15) is 9.59 Å². The SMILES string of the molecule is CCOC(=O)c1c(C)oc2cc(C)ccc2c1=O. The predicted octanol–water partition coefficient (Wildman–Crippen LogP) is 2.59. The molecule has 0 saturated carbocycles. The van der Waals surface area contributed by atoms with Crippen LogP contribution in [0.25, 0.3) is 11.0 Å². The summed E-state index contributed by atoms with van der Waals surface area (Å²) in [5.74, 6) is -0.345. The minimum Gasteiger partial charge on any atom is -0.462 e. The topological polar surface area (TPSA) is 56.5 Å². The quantitative estimate of drug-likeness (QED) is 0.764. The van der Waals surface area contributed by atoms with E-state index in [1.807, 2.05) is 13.0 Å². The Kier molecular flexibility index (Phi) is 3.19. The highest BCUT2D eigenvalue weighted by Gasteiger charge is 2.19. The number of ether oxygens (including phenoxy) is 1. The normalized spacial score (nSPS) is 10.6. The van der Waals surface area contributed by atoms with Gasteiger partial charge in [-0.2, -0.15) is 0 Å². The molecule has 0 fully saturated rings. The predicted molar refractivity (Wildman–Crippen MR) is 67.9 cm³/mol. The fourth-order valence-corrected chi connectivity index (χ4v) is 1.85. The molecule has 0 unspecified atom stereocenters. The third kappa shape index (κ3) is 2.01. The number of hydrogen-bond acceptors (Lipinski definition) is 4. The van der Waals surface area contributed by atoms with Gasteiger partial charge in [-0.3, -0.25) is 4.79 Å². The lowest BCUT2D eigenvalue weighted by atomic mass is 10.1. The number of carbonyl (C=O) groups is 1. The summed E-state index contributed by atoms with van der Waals surface area (Å²) in [6.07, 6.45) is 0. The zero-order chi connectivity index (χ0) is 13.3. The lowest BCUT2D eigenvalue weighted by Gasteiger charge is -2.06. The Morgan fingerprint density at radius 3 is 2.72 bits per heavy atom. The zero-order valence-electron chi connectivity index (χ0n) is 10.6. The van der Waals surface area contributed by atoms with E-state index in [1.54, 1.807) is 26.0 Å². The van der Waals surface area contributed by atoms with E-state index in [-0.39, 0.29) is 23.4 Å². The third-order valence-electron chi connectivity index (χ3n) is 2.70. The molecule has 4 heteroatoms. The summed E-state index contributed by atoms with van der Waals surface area (Å²) in [4.78, 5) is 23.9. The molecule has 2 aromatic rings. The molecule has 0 amide bonds. The minimum absolute atomic E-state index is 0.0202. The molecule has 94 valence electrons. The van der Waals surface area contributed by atoms with Gasteiger partial charge in [0.15, 0.2) is 0 Å². The van der Waals surface area contributed by atoms with Crippen molar-refractivity contribution >= 4 is 16.9 Å². The highest BCUT2D eigenvalue weighted by atomic mass is 16.5. The van der Waals surface area contributed by atoms with Crippen LogP contribution in [0.1, 0.15) is 28.6 Å². The molecule has 0 saturated heterocycles. The Morgan fingerprint density at radius 2 is 2.06 bits per heavy atom. The molecule has 0 spiro atoms. The Hall–Kier alpha value is -2.10. The van der Waals surface area contributed by atoms with Gasteiger partial charge in [0, 0.05) is 0 Å². The van der Waals surface area contributed by atoms with Gasteiger partial charge in [0.05, 0.1) is 12.0 Å². The van der Waals surface area contributed by atoms with Gasteiger partial charge in [-0.1, -0.05) is 6.07 Å². The maximum Gasteiger partial charge on any atom is 0.345 e. The molecule has 2 rings (SSSR count). The first-order chi connectivity index (χ1) is 8.54. The number of hydrogen-bond donors (Lipinski definition) is 0. The van der Waals surface area contributed by atoms with E-state index >= 15 is 0 Å². The van der Waals surface area contributed by atoms with Gasteiger partial charge in [0.25, 0.3) is 0 Å². The van der Waals surface area contributed by atoms with Crippen LogP contribution in [-0.2, 0) is 4.74 Å². The van der Waals surface area contributed by atoms with E-state index in [4.69, 9.17) is 9.15 Å². The largest absolute Gasteiger partial charge is 0.462 e. The number of fused-ring (bicyclic) bond motifs is 1. The molecule has 1 heterocycles. The van der Waals surface area contributed by atoms with E-state index in [0.717, 1.165) is 5.56 Å². The highest BCUT2D eigenvalue weighted by molar-refractivity contribution is 5.94. The van der Waals surface area contributed by atoms with E-state index < -0.39 is 5.97 Å². The summed E-state index contributed by atoms with van der Waals surface area (Å²) in [7, 11) is 0. The second-order valence-corrected chi connectivity index (χ2v) is 4.08. The highest BCUT2D eigenvalue weighted by Crippen LogP contribution is 2.17. The molecule has 0 atom stereocenters. The van der Waals surface area contributed by atoms with Crippen molar-refractivity contribution < 1.29 is 13.9 Å². The first kappa shape index (κ1) is 12.4. The lowest BCUT2D eigenvalue weighted by Crippen LogP contribution is -2.19. The average Bonchev–Trinajstić information content (AvgIpc) is 2.28. The number of aryl methyl sites for hydroxylation is 2. The fraction of sp³-hybridized carbons (Fsp3) is 0.286. The third-order valence-corrected chi connectivity index (χ3v) is 2.70. The summed E-state index contributed by atoms with van der Waals surface area (Å²) >= 11 is 0. The van der Waals surface area contributed by atoms with E-state index in [0.29, 0.717) is 11.0 Å². The van der Waals surface area contributed by atoms with E-state index in [1.165, 1.54) is 0 Å². The number of rotatable bonds is 2. The molecule has 1 aromatic carbocycles. The van der Waals surface area contributed by atoms with Gasteiger partial charge in [-0.05, 0) is 38.5 Å². The number of benzene rings is 1. The summed E-state index contributed by atoms with van der Waals surface area (Å²) < 4.78 is 10.4. The van der Waals surface area contributed by atoms with Crippen molar-refractivity contribution in [3.05, 3.63) is 45.3 Å². The van der Waals surface area contributed by atoms with Crippen LogP contribution in [0.2, 0.25) is 0 Å². The van der Waals surface area contributed by atoms with Crippen LogP contribution in [0.4, 0.5) is 0 Å². The minimum atomic E-state index is -0.633. The molecule has 0 aliphatic heterocycles. The average molecular weight is 246 g/mol. The molecule has 0 radical (unpaired) electrons. The summed E-state index contributed by atoms with van der Waals surface area (Å²) in [5.41, 5.74) is 1.12. The van der Waals surface area contributed by atoms with Crippen molar-refractivity contribution in [1.29, 1.82) is 0 Å². The summed E-state index contributed by atoms with van der Waals surface area (Å²) in [6.45, 7) is 5.42. The first-order valence-electron chi connectivity index (χ1n) is 5.75. The monoisotopic (exact) mass is 246 g/mol. The zero-order valence-corrected chi connectivity index (χ0v) is 10.6. The summed E-state index contributed by atoms with van der Waals surface area (Å²) in [5, 5.41) is 0.397. The molecule has 0 aliphatic carbocycles. The van der Waals surface area contributed by atoms with Gasteiger partial charge < -0.3 is 9.15 Å². The van der Waals surface area contributed by atoms with E-state index in [2.05, 4.69) is 0 Å². The van der Waals surface area contributed by atoms with Crippen LogP contribution in [0.3, 0.4) is 0 Å². The van der Waals surface area contributed by atoms with Crippen molar-refractivity contribution in [2.24, 2.45) is 0 Å². The molecule has 0 N–H and O–H groups in total. The maximum atomic E-state index is 12.2. The molecule has 0 aliphatic rings. The molecular weight excluding hydrogens is 232 g/mol. The van der Waals surface area contributed by atoms with Crippen LogP contribution in [0.5, 0.6) is 0 Å². The Labute approximate surface area is 104 Å². The lowest BCUT2D eigenvalue weighted by molar-refractivity contribution is 0.0521. The maximum absolute atomic E-state index is 12.2. The van der Waals surface area contributed by atoms with Gasteiger partial charge in [0.1, 0.15) is 16.9 Å². The van der Waals surface area contributed by atoms with Crippen LogP contribution < -0.4 is 5.43 Å². The van der Waals surface area contributed by atoms with Crippen molar-refractivity contribution in [1.82, 2.24) is 0 Å². The van der Waals surface area contributed by atoms with Crippen LogP contribution in [-0.4, -0.2) is 12.6 Å². The first-order valence-corrected chi connectivity index (χ1v) is 5.75. The van der Waals surface area contributed by atoms with Crippen LogP contribution in [0.15, 0.2) is 27.4 Å². The molecular formula is C14H14O4. The van der Waals surface area contributed by atoms with Gasteiger partial charge in [0.2, 0.25) is 5.43 Å². The molecule has 18 heavy (non-hydrogen) atoms. The molecule has 4 nitrogen and oxygen atoms in total. The van der Waals surface area contributed by atoms with Gasteiger partial charge in [-0.25, -0.2) is 4.79 Å². The standard InChI is InChI=1S/C14H14O4/c1-4-17-14(16)12-9(3)18-11-7-8(2)5-6-10(11)13(12)15/h5-7H,4H2,1-3H3. The van der Waals surface area contributed by atoms with Crippen molar-refractivity contribution in [3.8, 4) is 0 Å². The Morgan fingerprint density at radius 1 is 1.33 bits per heavy atom. The Bertz CT molecular complexity index is 667. The number of carbonyl (C=O) groups excluding carboxylic acids is 1. The number of esters is 1. The fourth-order valence-electron chi connectivity index (χ4n) is 1.85. The summed E-state index contributed by atoms with van der Waals surface area (Å²) in [6, 6.07) is 5.25. The van der Waals surface area contributed by atoms with Gasteiger partial charge in [-0.15, -0.1) is 0 Å². The van der Waals surface area contributed by atoms with Crippen molar-refractivity contribution in [2.45, 2.75) is 20.8 Å². The second-order valence-electron chi connectivity index (χ2n) is 4.08. The van der Waals surface area contributed by atoms with Crippen molar-refractivity contribution in [2.75, 3.05) is 6.61 Å². The van der Waals surface area contributed by atoms with Crippen molar-refractivity contribution in [3.63, 3.8) is 0 Å². The Balaban J connectivity index is 2.73. The van der Waals surface area contributed by atoms with Gasteiger partial charge >= 0.3 is 5.97 Å². The molecule has 1 aromatic heterocycles. The smallest absolute Gasteiger partial charge is 0.345 e. The molecule has 0 bridgehead atoms. The second kappa shape index (κ2) is 4.64. The van der Waals surface area contributed by atoms with Crippen LogP contribution >= 0.6 is 0 Å².